The summed E-state index contributed by atoms with van der Waals surface area (Å²) in [6.07, 6.45) is 5.89. The summed E-state index contributed by atoms with van der Waals surface area (Å²) < 4.78 is 47.2. The molecular formula is C34H46N2O6S. The highest BCUT2D eigenvalue weighted by molar-refractivity contribution is 7.89. The monoisotopic (exact) mass is 610 g/mol. The smallest absolute Gasteiger partial charge is 0.410 e. The molecule has 1 fully saturated rings. The van der Waals surface area contributed by atoms with Crippen molar-refractivity contribution in [1.82, 2.24) is 9.21 Å². The van der Waals surface area contributed by atoms with Gasteiger partial charge in [0.2, 0.25) is 10.0 Å². The summed E-state index contributed by atoms with van der Waals surface area (Å²) >= 11 is 0. The van der Waals surface area contributed by atoms with E-state index in [0.717, 1.165) is 22.6 Å². The standard InChI is InChI=1S/C34H46N2O6S/c1-8-9-20-34(23-35(32(37)42-33(3,4)5)22-26-12-15-28(40-6)16-13-26)24-36(27-14-19-31(41-7)30(34)21-27)43(38,39)29-17-10-25(2)11-18-29/h8,10-13,15-19,27,30H,1,9,14,20-24H2,2-7H3/t27-,30-,34?/m1/s1. The summed E-state index contributed by atoms with van der Waals surface area (Å²) in [5, 5.41) is 0. The van der Waals surface area contributed by atoms with Crippen LogP contribution in [0.5, 0.6) is 5.75 Å². The van der Waals surface area contributed by atoms with Crippen LogP contribution < -0.4 is 4.74 Å². The second-order valence-corrected chi connectivity index (χ2v) is 14.6. The number of hydrogen-bond acceptors (Lipinski definition) is 6. The number of allylic oxidation sites excluding steroid dienone is 2. The zero-order valence-corrected chi connectivity index (χ0v) is 27.2. The fourth-order valence-corrected chi connectivity index (χ4v) is 8.04. The molecule has 2 aliphatic rings. The molecule has 3 atom stereocenters. The van der Waals surface area contributed by atoms with E-state index in [1.54, 1.807) is 35.6 Å². The number of rotatable bonds is 11. The minimum absolute atomic E-state index is 0.0820. The average molecular weight is 611 g/mol. The molecular weight excluding hydrogens is 564 g/mol. The van der Waals surface area contributed by atoms with E-state index in [1.165, 1.54) is 0 Å². The Balaban J connectivity index is 1.80. The van der Waals surface area contributed by atoms with E-state index in [0.29, 0.717) is 32.2 Å². The zero-order valence-electron chi connectivity index (χ0n) is 26.3. The maximum atomic E-state index is 14.2. The van der Waals surface area contributed by atoms with Crippen LogP contribution in [0, 0.1) is 18.3 Å². The van der Waals surface area contributed by atoms with Gasteiger partial charge >= 0.3 is 6.09 Å². The van der Waals surface area contributed by atoms with Crippen molar-refractivity contribution in [2.24, 2.45) is 11.3 Å². The number of amides is 1. The van der Waals surface area contributed by atoms with Crippen molar-refractivity contribution in [3.63, 3.8) is 0 Å². The molecule has 2 aromatic rings. The zero-order chi connectivity index (χ0) is 31.4. The van der Waals surface area contributed by atoms with Crippen LogP contribution in [-0.4, -0.2) is 62.7 Å². The molecule has 1 unspecified atom stereocenters. The van der Waals surface area contributed by atoms with Gasteiger partial charge in [-0.25, -0.2) is 13.2 Å². The number of aryl methyl sites for hydroxylation is 1. The summed E-state index contributed by atoms with van der Waals surface area (Å²) in [7, 11) is -0.529. The molecule has 1 aliphatic heterocycles. The lowest BCUT2D eigenvalue weighted by Gasteiger charge is -2.54. The summed E-state index contributed by atoms with van der Waals surface area (Å²) in [5.74, 6) is 1.49. The van der Waals surface area contributed by atoms with Gasteiger partial charge in [0.15, 0.2) is 0 Å². The molecule has 9 heteroatoms. The largest absolute Gasteiger partial charge is 0.501 e. The van der Waals surface area contributed by atoms with Crippen molar-refractivity contribution in [3.8, 4) is 5.75 Å². The predicted molar refractivity (Wildman–Crippen MR) is 168 cm³/mol. The van der Waals surface area contributed by atoms with Crippen molar-refractivity contribution in [3.05, 3.63) is 84.1 Å². The first-order valence-corrected chi connectivity index (χ1v) is 16.3. The summed E-state index contributed by atoms with van der Waals surface area (Å²) in [4.78, 5) is 15.8. The Morgan fingerprint density at radius 1 is 1.09 bits per heavy atom. The summed E-state index contributed by atoms with van der Waals surface area (Å²) in [5.41, 5.74) is 0.544. The average Bonchev–Trinajstić information content (AvgIpc) is 2.97. The fraction of sp³-hybridized carbons (Fsp3) is 0.500. The Labute approximate surface area is 257 Å². The molecule has 234 valence electrons. The Morgan fingerprint density at radius 3 is 2.35 bits per heavy atom. The molecule has 1 amide bonds. The molecule has 0 spiro atoms. The molecule has 2 aromatic carbocycles. The third-order valence-corrected chi connectivity index (χ3v) is 10.4. The molecule has 1 aliphatic carbocycles. The first-order valence-electron chi connectivity index (χ1n) is 14.9. The van der Waals surface area contributed by atoms with Crippen molar-refractivity contribution in [2.45, 2.75) is 76.5 Å². The minimum atomic E-state index is -3.81. The number of carbonyl (C=O) groups is 1. The van der Waals surface area contributed by atoms with Crippen LogP contribution in [0.4, 0.5) is 4.79 Å². The molecule has 1 heterocycles. The van der Waals surface area contributed by atoms with Gasteiger partial charge in [-0.05, 0) is 89.3 Å². The van der Waals surface area contributed by atoms with E-state index in [1.807, 2.05) is 76.2 Å². The van der Waals surface area contributed by atoms with Gasteiger partial charge in [0.1, 0.15) is 11.4 Å². The van der Waals surface area contributed by atoms with Crippen molar-refractivity contribution >= 4 is 16.1 Å². The van der Waals surface area contributed by atoms with Gasteiger partial charge in [0.05, 0.1) is 24.9 Å². The lowest BCUT2D eigenvalue weighted by molar-refractivity contribution is -0.0304. The Bertz CT molecular complexity index is 1410. The number of piperidine rings is 1. The lowest BCUT2D eigenvalue weighted by atomic mass is 9.63. The van der Waals surface area contributed by atoms with Crippen LogP contribution in [0.25, 0.3) is 0 Å². The molecule has 0 N–H and O–H groups in total. The Hall–Kier alpha value is -3.30. The highest BCUT2D eigenvalue weighted by Gasteiger charge is 2.54. The van der Waals surface area contributed by atoms with E-state index >= 15 is 0 Å². The van der Waals surface area contributed by atoms with Gasteiger partial charge in [-0.15, -0.1) is 6.58 Å². The number of benzene rings is 2. The normalized spacial score (nSPS) is 22.3. The van der Waals surface area contributed by atoms with Crippen LogP contribution in [0.15, 0.2) is 77.9 Å². The van der Waals surface area contributed by atoms with Gasteiger partial charge in [0.25, 0.3) is 0 Å². The van der Waals surface area contributed by atoms with Gasteiger partial charge in [-0.3, -0.25) is 0 Å². The summed E-state index contributed by atoms with van der Waals surface area (Å²) in [6, 6.07) is 14.4. The van der Waals surface area contributed by atoms with Crippen LogP contribution in [0.2, 0.25) is 0 Å². The second kappa shape index (κ2) is 13.1. The Kier molecular flexibility index (Phi) is 9.96. The first kappa shape index (κ1) is 32.6. The highest BCUT2D eigenvalue weighted by atomic mass is 32.2. The van der Waals surface area contributed by atoms with E-state index < -0.39 is 27.1 Å². The highest BCUT2D eigenvalue weighted by Crippen LogP contribution is 2.51. The number of fused-ring (bicyclic) bond motifs is 2. The third kappa shape index (κ3) is 7.44. The van der Waals surface area contributed by atoms with Gasteiger partial charge in [-0.2, -0.15) is 4.31 Å². The topological polar surface area (TPSA) is 85.4 Å². The van der Waals surface area contributed by atoms with E-state index in [2.05, 4.69) is 6.58 Å². The molecule has 8 nitrogen and oxygen atoms in total. The molecule has 0 radical (unpaired) electrons. The van der Waals surface area contributed by atoms with Crippen LogP contribution in [0.3, 0.4) is 0 Å². The number of sulfonamides is 1. The van der Waals surface area contributed by atoms with E-state index in [4.69, 9.17) is 14.2 Å². The van der Waals surface area contributed by atoms with Gasteiger partial charge in [0, 0.05) is 37.0 Å². The fourth-order valence-electron chi connectivity index (χ4n) is 6.29. The van der Waals surface area contributed by atoms with Crippen LogP contribution in [0.1, 0.15) is 57.6 Å². The minimum Gasteiger partial charge on any atom is -0.501 e. The predicted octanol–water partition coefficient (Wildman–Crippen LogP) is 6.71. The van der Waals surface area contributed by atoms with Gasteiger partial charge < -0.3 is 19.1 Å². The maximum Gasteiger partial charge on any atom is 0.410 e. The Morgan fingerprint density at radius 2 is 1.77 bits per heavy atom. The third-order valence-electron chi connectivity index (χ3n) is 8.46. The SMILES string of the molecule is C=CCCC1(CN(Cc2ccc(OC)cc2)C(=O)OC(C)(C)C)CN(S(=O)(=O)c2ccc(C)cc2)[C@@H]2CC=C(OC)[C@H]1C2. The van der Waals surface area contributed by atoms with E-state index in [-0.39, 0.29) is 29.9 Å². The van der Waals surface area contributed by atoms with Crippen LogP contribution >= 0.6 is 0 Å². The first-order chi connectivity index (χ1) is 20.3. The summed E-state index contributed by atoms with van der Waals surface area (Å²) in [6.45, 7) is 12.3. The molecule has 0 aromatic heterocycles. The van der Waals surface area contributed by atoms with Crippen molar-refractivity contribution in [2.75, 3.05) is 27.3 Å². The van der Waals surface area contributed by atoms with Crippen molar-refractivity contribution in [1.29, 1.82) is 0 Å². The number of ether oxygens (including phenoxy) is 3. The van der Waals surface area contributed by atoms with Crippen molar-refractivity contribution < 1.29 is 27.4 Å². The van der Waals surface area contributed by atoms with E-state index in [9.17, 15) is 13.2 Å². The molecule has 43 heavy (non-hydrogen) atoms. The second-order valence-electron chi connectivity index (χ2n) is 12.7. The van der Waals surface area contributed by atoms with Crippen LogP contribution in [-0.2, 0) is 26.0 Å². The quantitative estimate of drug-likeness (QED) is 0.263. The number of nitrogens with zero attached hydrogens (tertiary/aromatic N) is 2. The number of carbonyl (C=O) groups excluding carboxylic acids is 1. The molecule has 0 saturated carbocycles. The maximum absolute atomic E-state index is 14.2. The van der Waals surface area contributed by atoms with Gasteiger partial charge in [-0.1, -0.05) is 35.9 Å². The number of hydrogen-bond donors (Lipinski definition) is 0. The lowest BCUT2D eigenvalue weighted by Crippen LogP contribution is -2.61. The molecule has 1 saturated heterocycles. The number of methoxy groups -OCH3 is 2. The molecule has 2 bridgehead atoms. The molecule has 4 rings (SSSR count).